The first kappa shape index (κ1) is 22.1. The average molecular weight is 340 g/mol. The molecule has 0 saturated carbocycles. The maximum atomic E-state index is 11.7. The third-order valence-electron chi connectivity index (χ3n) is 3.06. The Hall–Kier alpha value is -0.910. The SMILES string of the molecule is CC=Cc1cc(S(=O)(=O)[O-])c(C=CC)c(C=CC)c1C=CC.[Na+]. The van der Waals surface area contributed by atoms with Crippen molar-refractivity contribution in [1.82, 2.24) is 0 Å². The van der Waals surface area contributed by atoms with Crippen LogP contribution in [0.1, 0.15) is 49.9 Å². The number of benzene rings is 1. The summed E-state index contributed by atoms with van der Waals surface area (Å²) in [6.07, 6.45) is 14.5. The minimum atomic E-state index is -4.56. The standard InChI is InChI=1S/C18H22O3S.Na/c1-5-9-14-13-18(22(19,20)21)17(12-8-4)16(11-7-3)15(14)10-6-2;/h5-13H,1-4H3,(H,19,20,21);/q;+1/p-1. The van der Waals surface area contributed by atoms with Gasteiger partial charge in [0, 0.05) is 0 Å². The van der Waals surface area contributed by atoms with Crippen molar-refractivity contribution in [3.05, 3.63) is 52.6 Å². The Morgan fingerprint density at radius 3 is 1.65 bits per heavy atom. The van der Waals surface area contributed by atoms with Crippen molar-refractivity contribution in [2.45, 2.75) is 32.6 Å². The summed E-state index contributed by atoms with van der Waals surface area (Å²) in [6.45, 7) is 7.38. The van der Waals surface area contributed by atoms with Gasteiger partial charge in [-0.15, -0.1) is 0 Å². The summed E-state index contributed by atoms with van der Waals surface area (Å²) in [5.41, 5.74) is 2.75. The summed E-state index contributed by atoms with van der Waals surface area (Å²) >= 11 is 0. The van der Waals surface area contributed by atoms with Gasteiger partial charge in [-0.1, -0.05) is 48.6 Å². The molecule has 3 nitrogen and oxygen atoms in total. The molecule has 1 rings (SSSR count). The summed E-state index contributed by atoms with van der Waals surface area (Å²) in [6, 6.07) is 1.44. The van der Waals surface area contributed by atoms with Gasteiger partial charge < -0.3 is 4.55 Å². The van der Waals surface area contributed by atoms with E-state index in [-0.39, 0.29) is 34.5 Å². The van der Waals surface area contributed by atoms with E-state index >= 15 is 0 Å². The zero-order valence-electron chi connectivity index (χ0n) is 14.3. The molecule has 0 spiro atoms. The largest absolute Gasteiger partial charge is 1.00 e. The summed E-state index contributed by atoms with van der Waals surface area (Å²) in [7, 11) is -4.56. The van der Waals surface area contributed by atoms with E-state index in [1.807, 2.05) is 51.2 Å². The molecule has 0 bridgehead atoms. The van der Waals surface area contributed by atoms with Crippen molar-refractivity contribution in [1.29, 1.82) is 0 Å². The quantitative estimate of drug-likeness (QED) is 0.606. The molecule has 0 aliphatic carbocycles. The van der Waals surface area contributed by atoms with Crippen molar-refractivity contribution in [3.8, 4) is 0 Å². The van der Waals surface area contributed by atoms with Gasteiger partial charge in [-0.05, 0) is 56.0 Å². The Bertz CT molecular complexity index is 755. The van der Waals surface area contributed by atoms with Crippen molar-refractivity contribution >= 4 is 34.4 Å². The fraction of sp³-hybridized carbons (Fsp3) is 0.222. The molecule has 0 atom stereocenters. The van der Waals surface area contributed by atoms with Crippen LogP contribution in [0.2, 0.25) is 0 Å². The maximum Gasteiger partial charge on any atom is 1.00 e. The van der Waals surface area contributed by atoms with Gasteiger partial charge in [0.15, 0.2) is 0 Å². The van der Waals surface area contributed by atoms with E-state index in [1.165, 1.54) is 6.07 Å². The molecule has 0 amide bonds. The van der Waals surface area contributed by atoms with E-state index in [0.717, 1.165) is 11.1 Å². The first-order valence-electron chi connectivity index (χ1n) is 7.08. The van der Waals surface area contributed by atoms with E-state index in [1.54, 1.807) is 25.2 Å². The Kier molecular flexibility index (Phi) is 9.66. The Labute approximate surface area is 161 Å². The minimum absolute atomic E-state index is 0. The van der Waals surface area contributed by atoms with Crippen molar-refractivity contribution < 1.29 is 42.5 Å². The molecule has 1 aromatic carbocycles. The van der Waals surface area contributed by atoms with Gasteiger partial charge in [-0.25, -0.2) is 8.42 Å². The molecule has 23 heavy (non-hydrogen) atoms. The summed E-state index contributed by atoms with van der Waals surface area (Å²) < 4.78 is 35.0. The van der Waals surface area contributed by atoms with E-state index in [4.69, 9.17) is 0 Å². The molecule has 1 aromatic rings. The second-order valence-corrected chi connectivity index (χ2v) is 6.01. The van der Waals surface area contributed by atoms with Crippen LogP contribution in [0.3, 0.4) is 0 Å². The molecule has 0 N–H and O–H groups in total. The van der Waals surface area contributed by atoms with Gasteiger partial charge in [-0.3, -0.25) is 0 Å². The fourth-order valence-electron chi connectivity index (χ4n) is 2.29. The first-order chi connectivity index (χ1) is 10.4. The monoisotopic (exact) mass is 340 g/mol. The molecule has 118 valence electrons. The number of allylic oxidation sites excluding steroid dienone is 4. The van der Waals surface area contributed by atoms with Crippen LogP contribution >= 0.6 is 0 Å². The molecule has 0 heterocycles. The smallest absolute Gasteiger partial charge is 0.744 e. The fourth-order valence-corrected chi connectivity index (χ4v) is 3.01. The summed E-state index contributed by atoms with van der Waals surface area (Å²) in [4.78, 5) is -0.194. The molecular formula is C18H21NaO3S. The minimum Gasteiger partial charge on any atom is -0.744 e. The Balaban J connectivity index is 0.00000484. The predicted molar refractivity (Wildman–Crippen MR) is 93.2 cm³/mol. The van der Waals surface area contributed by atoms with Crippen LogP contribution in [-0.4, -0.2) is 13.0 Å². The van der Waals surface area contributed by atoms with Gasteiger partial charge in [0.05, 0.1) is 4.90 Å². The van der Waals surface area contributed by atoms with Crippen molar-refractivity contribution in [3.63, 3.8) is 0 Å². The summed E-state index contributed by atoms with van der Waals surface area (Å²) in [5.74, 6) is 0. The topological polar surface area (TPSA) is 57.2 Å². The third-order valence-corrected chi connectivity index (χ3v) is 3.94. The molecule has 0 aromatic heterocycles. The second kappa shape index (κ2) is 10.1. The van der Waals surface area contributed by atoms with Crippen LogP contribution in [0.15, 0.2) is 35.3 Å². The van der Waals surface area contributed by atoms with E-state index in [0.29, 0.717) is 11.1 Å². The molecular weight excluding hydrogens is 319 g/mol. The predicted octanol–water partition coefficient (Wildman–Crippen LogP) is 1.73. The Morgan fingerprint density at radius 1 is 0.783 bits per heavy atom. The van der Waals surface area contributed by atoms with Crippen LogP contribution in [0.25, 0.3) is 24.3 Å². The number of hydrogen-bond acceptors (Lipinski definition) is 3. The third kappa shape index (κ3) is 5.59. The van der Waals surface area contributed by atoms with Crippen LogP contribution in [0.5, 0.6) is 0 Å². The van der Waals surface area contributed by atoms with Crippen molar-refractivity contribution in [2.24, 2.45) is 0 Å². The van der Waals surface area contributed by atoms with Crippen LogP contribution in [0, 0.1) is 0 Å². The van der Waals surface area contributed by atoms with E-state index < -0.39 is 10.1 Å². The molecule has 0 radical (unpaired) electrons. The van der Waals surface area contributed by atoms with Crippen LogP contribution in [-0.2, 0) is 10.1 Å². The zero-order chi connectivity index (χ0) is 16.8. The molecule has 5 heteroatoms. The average Bonchev–Trinajstić information content (AvgIpc) is 2.44. The van der Waals surface area contributed by atoms with Gasteiger partial charge in [0.25, 0.3) is 0 Å². The van der Waals surface area contributed by atoms with Crippen LogP contribution < -0.4 is 29.6 Å². The van der Waals surface area contributed by atoms with E-state index in [9.17, 15) is 13.0 Å². The number of hydrogen-bond donors (Lipinski definition) is 0. The number of rotatable bonds is 5. The Morgan fingerprint density at radius 2 is 1.22 bits per heavy atom. The molecule has 0 aliphatic heterocycles. The molecule has 0 saturated heterocycles. The second-order valence-electron chi connectivity index (χ2n) is 4.66. The molecule has 0 fully saturated rings. The molecule has 0 unspecified atom stereocenters. The van der Waals surface area contributed by atoms with Crippen molar-refractivity contribution in [2.75, 3.05) is 0 Å². The van der Waals surface area contributed by atoms with Gasteiger partial charge in [-0.2, -0.15) is 0 Å². The van der Waals surface area contributed by atoms with E-state index in [2.05, 4.69) is 0 Å². The van der Waals surface area contributed by atoms with Crippen LogP contribution in [0.4, 0.5) is 0 Å². The maximum absolute atomic E-state index is 11.7. The van der Waals surface area contributed by atoms with Gasteiger partial charge >= 0.3 is 29.6 Å². The zero-order valence-corrected chi connectivity index (χ0v) is 17.1. The normalized spacial score (nSPS) is 12.7. The first-order valence-corrected chi connectivity index (χ1v) is 8.49. The van der Waals surface area contributed by atoms with Gasteiger partial charge in [0.2, 0.25) is 0 Å². The summed E-state index contributed by atoms with van der Waals surface area (Å²) in [5, 5.41) is 0. The molecule has 0 aliphatic rings. The van der Waals surface area contributed by atoms with Gasteiger partial charge in [0.1, 0.15) is 10.1 Å².